The van der Waals surface area contributed by atoms with Gasteiger partial charge in [0.1, 0.15) is 0 Å². The van der Waals surface area contributed by atoms with Gasteiger partial charge in [-0.3, -0.25) is 0 Å². The van der Waals surface area contributed by atoms with Gasteiger partial charge in [-0.2, -0.15) is 0 Å². The van der Waals surface area contributed by atoms with Gasteiger partial charge >= 0.3 is 0 Å². The standard InChI is InChI=1S/C33H23N3/c34-26-12-6-20(7-13-26)30-18-25(19-31(36-30)21-8-14-27(35)15-9-21)28-16-10-24-5-4-22-2-1-3-23-11-17-29(28)33(24)32(22)23/h1-19H,34-35H2. The number of rotatable bonds is 3. The van der Waals surface area contributed by atoms with Gasteiger partial charge in [0, 0.05) is 22.5 Å². The van der Waals surface area contributed by atoms with Crippen molar-refractivity contribution in [3.05, 3.63) is 115 Å². The van der Waals surface area contributed by atoms with E-state index in [2.05, 4.69) is 66.7 Å². The van der Waals surface area contributed by atoms with Crippen molar-refractivity contribution in [2.45, 2.75) is 0 Å². The first kappa shape index (κ1) is 20.5. The maximum Gasteiger partial charge on any atom is 0.0715 e. The number of nitrogens with zero attached hydrogens (tertiary/aromatic N) is 1. The molecule has 170 valence electrons. The largest absolute Gasteiger partial charge is 0.399 e. The number of anilines is 2. The molecule has 1 heterocycles. The highest BCUT2D eigenvalue weighted by Gasteiger charge is 2.14. The van der Waals surface area contributed by atoms with E-state index >= 15 is 0 Å². The second-order valence-electron chi connectivity index (χ2n) is 9.34. The molecule has 0 saturated carbocycles. The van der Waals surface area contributed by atoms with Crippen molar-refractivity contribution in [2.24, 2.45) is 0 Å². The highest BCUT2D eigenvalue weighted by atomic mass is 14.7. The Bertz CT molecular complexity index is 1810. The Balaban J connectivity index is 1.52. The molecule has 1 aromatic heterocycles. The van der Waals surface area contributed by atoms with Crippen LogP contribution < -0.4 is 11.5 Å². The molecule has 0 radical (unpaired) electrons. The Labute approximate surface area is 209 Å². The SMILES string of the molecule is Nc1ccc(-c2cc(-c3ccc4ccc5cccc6ccc3c4c56)cc(-c3ccc(N)cc3)n2)cc1. The molecular weight excluding hydrogens is 438 g/mol. The monoisotopic (exact) mass is 461 g/mol. The lowest BCUT2D eigenvalue weighted by Gasteiger charge is -2.16. The molecule has 0 aliphatic carbocycles. The minimum absolute atomic E-state index is 0.737. The molecule has 7 rings (SSSR count). The Morgan fingerprint density at radius 1 is 0.444 bits per heavy atom. The molecule has 0 unspecified atom stereocenters. The summed E-state index contributed by atoms with van der Waals surface area (Å²) in [6.45, 7) is 0. The van der Waals surface area contributed by atoms with Gasteiger partial charge in [-0.05, 0) is 79.8 Å². The lowest BCUT2D eigenvalue weighted by atomic mass is 9.89. The second-order valence-corrected chi connectivity index (χ2v) is 9.34. The third-order valence-electron chi connectivity index (χ3n) is 7.08. The van der Waals surface area contributed by atoms with Gasteiger partial charge in [0.2, 0.25) is 0 Å². The maximum absolute atomic E-state index is 5.96. The normalized spacial score (nSPS) is 11.6. The minimum atomic E-state index is 0.737. The number of hydrogen-bond donors (Lipinski definition) is 2. The van der Waals surface area contributed by atoms with Crippen LogP contribution in [0.15, 0.2) is 115 Å². The van der Waals surface area contributed by atoms with Gasteiger partial charge in [-0.25, -0.2) is 4.98 Å². The number of nitrogens with two attached hydrogens (primary N) is 2. The zero-order chi connectivity index (χ0) is 24.2. The summed E-state index contributed by atoms with van der Waals surface area (Å²) in [4.78, 5) is 5.04. The van der Waals surface area contributed by atoms with Crippen LogP contribution in [0.2, 0.25) is 0 Å². The summed E-state index contributed by atoms with van der Waals surface area (Å²) in [6.07, 6.45) is 0. The number of nitrogen functional groups attached to an aromatic ring is 2. The number of benzene rings is 6. The van der Waals surface area contributed by atoms with Crippen LogP contribution in [0.4, 0.5) is 11.4 Å². The van der Waals surface area contributed by atoms with Crippen molar-refractivity contribution < 1.29 is 0 Å². The average Bonchev–Trinajstić information content (AvgIpc) is 2.92. The predicted molar refractivity (Wildman–Crippen MR) is 153 cm³/mol. The van der Waals surface area contributed by atoms with Crippen molar-refractivity contribution >= 4 is 43.7 Å². The van der Waals surface area contributed by atoms with E-state index in [0.717, 1.165) is 39.5 Å². The van der Waals surface area contributed by atoms with Crippen LogP contribution in [0.1, 0.15) is 0 Å². The summed E-state index contributed by atoms with van der Waals surface area (Å²) in [5.41, 5.74) is 19.6. The Morgan fingerprint density at radius 2 is 0.944 bits per heavy atom. The van der Waals surface area contributed by atoms with E-state index in [0.29, 0.717) is 0 Å². The number of aromatic nitrogens is 1. The average molecular weight is 462 g/mol. The number of pyridine rings is 1. The topological polar surface area (TPSA) is 64.9 Å². The molecule has 3 heteroatoms. The van der Waals surface area contributed by atoms with Crippen LogP contribution in [0.5, 0.6) is 0 Å². The zero-order valence-electron chi connectivity index (χ0n) is 19.6. The van der Waals surface area contributed by atoms with Gasteiger partial charge in [0.05, 0.1) is 11.4 Å². The molecule has 0 bridgehead atoms. The molecule has 0 aliphatic heterocycles. The van der Waals surface area contributed by atoms with Crippen molar-refractivity contribution in [1.29, 1.82) is 0 Å². The first-order chi connectivity index (χ1) is 17.6. The van der Waals surface area contributed by atoms with Crippen LogP contribution >= 0.6 is 0 Å². The quantitative estimate of drug-likeness (QED) is 0.206. The molecule has 6 aromatic carbocycles. The molecule has 0 fully saturated rings. The first-order valence-corrected chi connectivity index (χ1v) is 12.0. The highest BCUT2D eigenvalue weighted by molar-refractivity contribution is 6.25. The summed E-state index contributed by atoms with van der Waals surface area (Å²) in [6, 6.07) is 40.0. The zero-order valence-corrected chi connectivity index (χ0v) is 19.6. The van der Waals surface area contributed by atoms with Crippen LogP contribution in [0.3, 0.4) is 0 Å². The molecule has 4 N–H and O–H groups in total. The predicted octanol–water partition coefficient (Wildman–Crippen LogP) is 8.14. The fourth-order valence-electron chi connectivity index (χ4n) is 5.28. The maximum atomic E-state index is 5.96. The van der Waals surface area contributed by atoms with E-state index in [1.54, 1.807) is 0 Å². The van der Waals surface area contributed by atoms with Gasteiger partial charge < -0.3 is 11.5 Å². The van der Waals surface area contributed by atoms with E-state index in [4.69, 9.17) is 16.5 Å². The summed E-state index contributed by atoms with van der Waals surface area (Å²) >= 11 is 0. The Kier molecular flexibility index (Phi) is 4.45. The van der Waals surface area contributed by atoms with Crippen LogP contribution in [-0.4, -0.2) is 4.98 Å². The van der Waals surface area contributed by atoms with Gasteiger partial charge in [0.25, 0.3) is 0 Å². The van der Waals surface area contributed by atoms with Crippen molar-refractivity contribution in [1.82, 2.24) is 4.98 Å². The van der Waals surface area contributed by atoms with Crippen LogP contribution in [-0.2, 0) is 0 Å². The second kappa shape index (κ2) is 7.82. The third-order valence-corrected chi connectivity index (χ3v) is 7.08. The van der Waals surface area contributed by atoms with Gasteiger partial charge in [-0.15, -0.1) is 0 Å². The fourth-order valence-corrected chi connectivity index (χ4v) is 5.28. The van der Waals surface area contributed by atoms with Gasteiger partial charge in [-0.1, -0.05) is 78.9 Å². The van der Waals surface area contributed by atoms with E-state index in [-0.39, 0.29) is 0 Å². The van der Waals surface area contributed by atoms with E-state index in [9.17, 15) is 0 Å². The molecule has 0 saturated heterocycles. The number of hydrogen-bond acceptors (Lipinski definition) is 3. The molecule has 0 aliphatic rings. The first-order valence-electron chi connectivity index (χ1n) is 12.0. The van der Waals surface area contributed by atoms with Crippen molar-refractivity contribution in [3.8, 4) is 33.6 Å². The van der Waals surface area contributed by atoms with E-state index < -0.39 is 0 Å². The lowest BCUT2D eigenvalue weighted by Crippen LogP contribution is -1.93. The molecule has 36 heavy (non-hydrogen) atoms. The summed E-state index contributed by atoms with van der Waals surface area (Å²) in [5, 5.41) is 7.66. The summed E-state index contributed by atoms with van der Waals surface area (Å²) in [5.74, 6) is 0. The van der Waals surface area contributed by atoms with E-state index in [1.165, 1.54) is 37.9 Å². The molecule has 0 spiro atoms. The molecule has 0 atom stereocenters. The highest BCUT2D eigenvalue weighted by Crippen LogP contribution is 2.40. The smallest absolute Gasteiger partial charge is 0.0715 e. The molecule has 3 nitrogen and oxygen atoms in total. The summed E-state index contributed by atoms with van der Waals surface area (Å²) < 4.78 is 0. The van der Waals surface area contributed by atoms with Crippen molar-refractivity contribution in [3.63, 3.8) is 0 Å². The molecule has 7 aromatic rings. The fraction of sp³-hybridized carbons (Fsp3) is 0. The Hall–Kier alpha value is -4.89. The third kappa shape index (κ3) is 3.25. The molecular formula is C33H23N3. The minimum Gasteiger partial charge on any atom is -0.399 e. The van der Waals surface area contributed by atoms with Gasteiger partial charge in [0.15, 0.2) is 0 Å². The summed E-state index contributed by atoms with van der Waals surface area (Å²) in [7, 11) is 0. The Morgan fingerprint density at radius 3 is 1.53 bits per heavy atom. The molecule has 0 amide bonds. The van der Waals surface area contributed by atoms with Crippen molar-refractivity contribution in [2.75, 3.05) is 11.5 Å². The van der Waals surface area contributed by atoms with E-state index in [1.807, 2.05) is 48.5 Å². The lowest BCUT2D eigenvalue weighted by molar-refractivity contribution is 1.32. The van der Waals surface area contributed by atoms with Crippen LogP contribution in [0, 0.1) is 0 Å². The van der Waals surface area contributed by atoms with Crippen LogP contribution in [0.25, 0.3) is 66.0 Å².